The largest absolute Gasteiger partial charge is 0.301 e. The molecule has 0 bridgehead atoms. The Morgan fingerprint density at radius 2 is 1.37 bits per heavy atom. The molecule has 1 heteroatoms. The Balaban J connectivity index is 0.000000163. The second-order valence-electron chi connectivity index (χ2n) is 10.6. The molecule has 4 rings (SSSR count). The summed E-state index contributed by atoms with van der Waals surface area (Å²) in [6, 6.07) is 9.42. The lowest BCUT2D eigenvalue weighted by Crippen LogP contribution is -2.35. The van der Waals surface area contributed by atoms with Gasteiger partial charge in [-0.15, -0.1) is 0 Å². The van der Waals surface area contributed by atoms with Crippen molar-refractivity contribution in [3.63, 3.8) is 0 Å². The van der Waals surface area contributed by atoms with E-state index < -0.39 is 0 Å². The summed E-state index contributed by atoms with van der Waals surface area (Å²) in [5.41, 5.74) is 4.47. The Bertz CT molecular complexity index is 591. The van der Waals surface area contributed by atoms with Crippen LogP contribution in [0.1, 0.15) is 104 Å². The van der Waals surface area contributed by atoms with E-state index in [-0.39, 0.29) is 0 Å². The Hall–Kier alpha value is -1.08. The molecule has 0 radical (unpaired) electrons. The lowest BCUT2D eigenvalue weighted by Gasteiger charge is -2.29. The number of piperidine rings is 1. The van der Waals surface area contributed by atoms with Crippen LogP contribution in [0.15, 0.2) is 29.8 Å². The highest BCUT2D eigenvalue weighted by atomic mass is 15.1. The molecule has 1 aromatic rings. The fourth-order valence-electron chi connectivity index (χ4n) is 4.91. The van der Waals surface area contributed by atoms with Gasteiger partial charge in [-0.3, -0.25) is 0 Å². The van der Waals surface area contributed by atoms with Gasteiger partial charge in [0.25, 0.3) is 0 Å². The van der Waals surface area contributed by atoms with Crippen molar-refractivity contribution in [1.29, 1.82) is 0 Å². The van der Waals surface area contributed by atoms with Crippen LogP contribution in [0.3, 0.4) is 0 Å². The second-order valence-corrected chi connectivity index (χ2v) is 10.6. The molecule has 0 unspecified atom stereocenters. The maximum atomic E-state index is 2.56. The van der Waals surface area contributed by atoms with Crippen molar-refractivity contribution in [1.82, 2.24) is 4.90 Å². The first-order valence-corrected chi connectivity index (χ1v) is 12.9. The molecule has 1 heterocycles. The van der Waals surface area contributed by atoms with Gasteiger partial charge in [0.2, 0.25) is 0 Å². The van der Waals surface area contributed by atoms with E-state index >= 15 is 0 Å². The molecule has 0 spiro atoms. The molecular formula is C29H49N. The van der Waals surface area contributed by atoms with Crippen molar-refractivity contribution in [2.75, 3.05) is 13.1 Å². The highest BCUT2D eigenvalue weighted by Crippen LogP contribution is 2.29. The van der Waals surface area contributed by atoms with Crippen LogP contribution in [0.2, 0.25) is 0 Å². The molecule has 1 nitrogen and oxygen atoms in total. The Labute approximate surface area is 188 Å². The van der Waals surface area contributed by atoms with Crippen LogP contribution in [0.4, 0.5) is 0 Å². The van der Waals surface area contributed by atoms with Gasteiger partial charge >= 0.3 is 0 Å². The Morgan fingerprint density at radius 1 is 0.767 bits per heavy atom. The zero-order valence-electron chi connectivity index (χ0n) is 20.9. The Morgan fingerprint density at radius 3 is 1.83 bits per heavy atom. The average molecular weight is 412 g/mol. The molecule has 2 fully saturated rings. The standard InChI is InChI=1S/C12H14.C9H18.C8H17N/c1-9(2)12-7-10-5-3-4-6-11(10)8-12;2*1-8(2)9-6-4-3-5-7-9/h3-7,9H,8H2,1-2H3;8-9H,3-7H2,1-2H3;8H,3-7H2,1-2H3. The van der Waals surface area contributed by atoms with Crippen LogP contribution in [0, 0.1) is 17.8 Å². The zero-order chi connectivity index (χ0) is 21.9. The molecule has 0 amide bonds. The van der Waals surface area contributed by atoms with Crippen molar-refractivity contribution in [3.8, 4) is 0 Å². The summed E-state index contributed by atoms with van der Waals surface area (Å²) >= 11 is 0. The summed E-state index contributed by atoms with van der Waals surface area (Å²) in [4.78, 5) is 2.56. The molecule has 30 heavy (non-hydrogen) atoms. The number of hydrogen-bond acceptors (Lipinski definition) is 1. The highest BCUT2D eigenvalue weighted by Gasteiger charge is 2.16. The molecule has 170 valence electrons. The molecule has 1 saturated heterocycles. The van der Waals surface area contributed by atoms with Gasteiger partial charge in [0.1, 0.15) is 0 Å². The summed E-state index contributed by atoms with van der Waals surface area (Å²) in [6.45, 7) is 16.5. The fraction of sp³-hybridized carbons (Fsp3) is 0.724. The summed E-state index contributed by atoms with van der Waals surface area (Å²) < 4.78 is 0. The van der Waals surface area contributed by atoms with E-state index in [4.69, 9.17) is 0 Å². The van der Waals surface area contributed by atoms with E-state index in [1.807, 2.05) is 0 Å². The lowest BCUT2D eigenvalue weighted by atomic mass is 9.82. The topological polar surface area (TPSA) is 3.24 Å². The molecule has 3 aliphatic rings. The van der Waals surface area contributed by atoms with E-state index in [1.54, 1.807) is 5.57 Å². The van der Waals surface area contributed by atoms with Crippen LogP contribution < -0.4 is 0 Å². The first kappa shape index (κ1) is 25.2. The molecule has 0 N–H and O–H groups in total. The van der Waals surface area contributed by atoms with E-state index in [0.717, 1.165) is 24.3 Å². The minimum atomic E-state index is 0.692. The van der Waals surface area contributed by atoms with Gasteiger partial charge in [0, 0.05) is 6.04 Å². The maximum Gasteiger partial charge on any atom is 0.00385 e. The minimum absolute atomic E-state index is 0.692. The van der Waals surface area contributed by atoms with Crippen molar-refractivity contribution in [2.24, 2.45) is 17.8 Å². The monoisotopic (exact) mass is 411 g/mol. The highest BCUT2D eigenvalue weighted by molar-refractivity contribution is 5.63. The van der Waals surface area contributed by atoms with Crippen LogP contribution >= 0.6 is 0 Å². The maximum absolute atomic E-state index is 2.56. The van der Waals surface area contributed by atoms with Gasteiger partial charge in [-0.05, 0) is 75.1 Å². The zero-order valence-corrected chi connectivity index (χ0v) is 20.9. The molecule has 2 aliphatic carbocycles. The summed E-state index contributed by atoms with van der Waals surface area (Å²) in [6.07, 6.45) is 15.2. The number of allylic oxidation sites excluding steroid dienone is 1. The van der Waals surface area contributed by atoms with Gasteiger partial charge in [-0.1, -0.05) is 102 Å². The van der Waals surface area contributed by atoms with Gasteiger partial charge in [0.05, 0.1) is 0 Å². The number of likely N-dealkylation sites (tertiary alicyclic amines) is 1. The Kier molecular flexibility index (Phi) is 11.2. The van der Waals surface area contributed by atoms with Gasteiger partial charge in [0.15, 0.2) is 0 Å². The second kappa shape index (κ2) is 13.4. The van der Waals surface area contributed by atoms with Crippen molar-refractivity contribution < 1.29 is 0 Å². The van der Waals surface area contributed by atoms with Crippen LogP contribution in [-0.2, 0) is 6.42 Å². The third-order valence-electron chi connectivity index (χ3n) is 7.25. The van der Waals surface area contributed by atoms with Crippen LogP contribution in [0.25, 0.3) is 6.08 Å². The van der Waals surface area contributed by atoms with Gasteiger partial charge in [-0.2, -0.15) is 0 Å². The van der Waals surface area contributed by atoms with Crippen LogP contribution in [0.5, 0.6) is 0 Å². The van der Waals surface area contributed by atoms with Crippen molar-refractivity contribution in [3.05, 3.63) is 41.0 Å². The first-order chi connectivity index (χ1) is 14.4. The predicted molar refractivity (Wildman–Crippen MR) is 135 cm³/mol. The normalized spacial score (nSPS) is 19.7. The lowest BCUT2D eigenvalue weighted by molar-refractivity contribution is 0.185. The minimum Gasteiger partial charge on any atom is -0.301 e. The van der Waals surface area contributed by atoms with Crippen molar-refractivity contribution >= 4 is 6.08 Å². The van der Waals surface area contributed by atoms with E-state index in [1.165, 1.54) is 75.6 Å². The van der Waals surface area contributed by atoms with Crippen LogP contribution in [-0.4, -0.2) is 24.0 Å². The quantitative estimate of drug-likeness (QED) is 0.482. The number of benzene rings is 1. The van der Waals surface area contributed by atoms with E-state index in [0.29, 0.717) is 5.92 Å². The summed E-state index contributed by atoms with van der Waals surface area (Å²) in [5, 5.41) is 0. The molecule has 0 aromatic heterocycles. The molecule has 1 saturated carbocycles. The third kappa shape index (κ3) is 8.58. The summed E-state index contributed by atoms with van der Waals surface area (Å²) in [7, 11) is 0. The number of rotatable bonds is 3. The fourth-order valence-corrected chi connectivity index (χ4v) is 4.91. The molecule has 1 aromatic carbocycles. The number of nitrogens with zero attached hydrogens (tertiary/aromatic N) is 1. The average Bonchev–Trinajstić information content (AvgIpc) is 3.21. The van der Waals surface area contributed by atoms with E-state index in [2.05, 4.69) is 76.8 Å². The number of fused-ring (bicyclic) bond motifs is 1. The van der Waals surface area contributed by atoms with Crippen molar-refractivity contribution in [2.45, 2.75) is 105 Å². The predicted octanol–water partition coefficient (Wildman–Crippen LogP) is 8.39. The SMILES string of the molecule is CC(C)C1=Cc2ccccc2C1.CC(C)C1CCCCC1.CC(C)N1CCCCC1. The first-order valence-electron chi connectivity index (χ1n) is 12.9. The molecule has 1 aliphatic heterocycles. The van der Waals surface area contributed by atoms with Gasteiger partial charge < -0.3 is 4.90 Å². The molecule has 0 atom stereocenters. The van der Waals surface area contributed by atoms with E-state index in [9.17, 15) is 0 Å². The number of hydrogen-bond donors (Lipinski definition) is 0. The summed E-state index contributed by atoms with van der Waals surface area (Å²) in [5.74, 6) is 2.68. The molecular weight excluding hydrogens is 362 g/mol. The third-order valence-corrected chi connectivity index (χ3v) is 7.25. The smallest absolute Gasteiger partial charge is 0.00385 e. The van der Waals surface area contributed by atoms with Gasteiger partial charge in [-0.25, -0.2) is 0 Å².